The third-order valence-corrected chi connectivity index (χ3v) is 4.71. The third kappa shape index (κ3) is 6.57. The van der Waals surface area contributed by atoms with Gasteiger partial charge in [0.05, 0.1) is 19.6 Å². The second-order valence-corrected chi connectivity index (χ2v) is 7.43. The molecule has 1 heterocycles. The van der Waals surface area contributed by atoms with E-state index < -0.39 is 0 Å². The Morgan fingerprint density at radius 2 is 1.96 bits per heavy atom. The average molecular weight is 385 g/mol. The molecule has 0 saturated carbocycles. The van der Waals surface area contributed by atoms with Crippen LogP contribution in [-0.2, 0) is 11.2 Å². The van der Waals surface area contributed by atoms with Crippen molar-refractivity contribution in [2.75, 3.05) is 19.0 Å². The molecule has 1 aromatic carbocycles. The Kier molecular flexibility index (Phi) is 8.33. The molecule has 2 aromatic rings. The van der Waals surface area contributed by atoms with Gasteiger partial charge in [-0.2, -0.15) is 0 Å². The number of nitrogens with zero attached hydrogens (tertiary/aromatic N) is 1. The molecular formula is C23H32N2O3. The van der Waals surface area contributed by atoms with Gasteiger partial charge in [0.1, 0.15) is 5.75 Å². The van der Waals surface area contributed by atoms with Crippen molar-refractivity contribution < 1.29 is 13.9 Å². The first-order valence-electron chi connectivity index (χ1n) is 9.84. The van der Waals surface area contributed by atoms with Crippen LogP contribution in [0.25, 0.3) is 6.08 Å². The van der Waals surface area contributed by atoms with Crippen LogP contribution in [0.5, 0.6) is 5.75 Å². The lowest BCUT2D eigenvalue weighted by molar-refractivity contribution is -0.111. The minimum absolute atomic E-state index is 0.178. The van der Waals surface area contributed by atoms with Crippen LogP contribution in [-0.4, -0.2) is 36.5 Å². The molecule has 0 aliphatic rings. The molecule has 0 bridgehead atoms. The number of anilines is 1. The number of amides is 1. The molecule has 0 aliphatic heterocycles. The summed E-state index contributed by atoms with van der Waals surface area (Å²) in [7, 11) is 1.68. The summed E-state index contributed by atoms with van der Waals surface area (Å²) in [4.78, 5) is 14.6. The number of furan rings is 1. The second-order valence-electron chi connectivity index (χ2n) is 7.43. The van der Waals surface area contributed by atoms with Crippen LogP contribution in [0, 0.1) is 0 Å². The van der Waals surface area contributed by atoms with E-state index in [9.17, 15) is 4.79 Å². The van der Waals surface area contributed by atoms with Crippen molar-refractivity contribution in [2.24, 2.45) is 0 Å². The highest BCUT2D eigenvalue weighted by Crippen LogP contribution is 2.24. The average Bonchev–Trinajstić information content (AvgIpc) is 3.16. The van der Waals surface area contributed by atoms with E-state index in [0.29, 0.717) is 12.1 Å². The lowest BCUT2D eigenvalue weighted by Crippen LogP contribution is -2.37. The van der Waals surface area contributed by atoms with Crippen molar-refractivity contribution in [1.82, 2.24) is 4.90 Å². The fourth-order valence-electron chi connectivity index (χ4n) is 3.34. The van der Waals surface area contributed by atoms with Gasteiger partial charge in [-0.05, 0) is 83.0 Å². The normalized spacial score (nSPS) is 11.7. The van der Waals surface area contributed by atoms with Gasteiger partial charge in [0.15, 0.2) is 0 Å². The van der Waals surface area contributed by atoms with E-state index in [1.54, 1.807) is 31.8 Å². The van der Waals surface area contributed by atoms with E-state index in [1.807, 2.05) is 18.2 Å². The van der Waals surface area contributed by atoms with E-state index in [-0.39, 0.29) is 5.91 Å². The first kappa shape index (κ1) is 21.8. The van der Waals surface area contributed by atoms with E-state index >= 15 is 0 Å². The van der Waals surface area contributed by atoms with E-state index in [1.165, 1.54) is 6.08 Å². The number of hydrogen-bond donors (Lipinski definition) is 1. The Labute approximate surface area is 168 Å². The molecule has 28 heavy (non-hydrogen) atoms. The highest BCUT2D eigenvalue weighted by Gasteiger charge is 2.13. The molecule has 0 atom stereocenters. The summed E-state index contributed by atoms with van der Waals surface area (Å²) in [6, 6.07) is 8.61. The van der Waals surface area contributed by atoms with E-state index in [2.05, 4.69) is 37.9 Å². The Bertz CT molecular complexity index is 756. The van der Waals surface area contributed by atoms with Crippen LogP contribution < -0.4 is 10.1 Å². The van der Waals surface area contributed by atoms with Crippen molar-refractivity contribution in [3.63, 3.8) is 0 Å². The molecule has 0 saturated heterocycles. The number of aryl methyl sites for hydroxylation is 1. The van der Waals surface area contributed by atoms with Crippen LogP contribution >= 0.6 is 0 Å². The predicted molar refractivity (Wildman–Crippen MR) is 115 cm³/mol. The summed E-state index contributed by atoms with van der Waals surface area (Å²) in [6.07, 6.45) is 8.31. The van der Waals surface area contributed by atoms with Gasteiger partial charge in [-0.25, -0.2) is 0 Å². The van der Waals surface area contributed by atoms with Crippen molar-refractivity contribution in [2.45, 2.75) is 52.6 Å². The van der Waals surface area contributed by atoms with Crippen LogP contribution in [0.4, 0.5) is 5.69 Å². The van der Waals surface area contributed by atoms with Crippen LogP contribution in [0.15, 0.2) is 47.3 Å². The molecule has 0 radical (unpaired) electrons. The Morgan fingerprint density at radius 3 is 2.57 bits per heavy atom. The van der Waals surface area contributed by atoms with Gasteiger partial charge in [0.2, 0.25) is 5.91 Å². The molecule has 0 fully saturated rings. The monoisotopic (exact) mass is 384 g/mol. The molecule has 2 rings (SSSR count). The number of rotatable bonds is 10. The Hall–Kier alpha value is -2.53. The van der Waals surface area contributed by atoms with Gasteiger partial charge in [-0.1, -0.05) is 0 Å². The standard InChI is InChI=1S/C23H32N2O3/c1-17(2)25(18(3)4)13-6-7-20-15-21(9-10-22(20)27-5)24-23(26)11-8-19-12-14-28-16-19/h8-12,14-18H,6-7,13H2,1-5H3,(H,24,26)/b11-8+. The molecule has 0 aliphatic carbocycles. The first-order chi connectivity index (χ1) is 13.4. The molecule has 5 nitrogen and oxygen atoms in total. The zero-order valence-corrected chi connectivity index (χ0v) is 17.6. The summed E-state index contributed by atoms with van der Waals surface area (Å²) in [5.74, 6) is 0.677. The Balaban J connectivity index is 1.99. The molecule has 1 N–H and O–H groups in total. The fourth-order valence-corrected chi connectivity index (χ4v) is 3.34. The summed E-state index contributed by atoms with van der Waals surface area (Å²) in [5.41, 5.74) is 2.72. The minimum Gasteiger partial charge on any atom is -0.496 e. The van der Waals surface area contributed by atoms with Gasteiger partial charge in [0, 0.05) is 29.4 Å². The highest BCUT2D eigenvalue weighted by molar-refractivity contribution is 6.02. The largest absolute Gasteiger partial charge is 0.496 e. The highest BCUT2D eigenvalue weighted by atomic mass is 16.5. The molecule has 1 aromatic heterocycles. The summed E-state index contributed by atoms with van der Waals surface area (Å²) >= 11 is 0. The zero-order valence-electron chi connectivity index (χ0n) is 17.6. The molecular weight excluding hydrogens is 352 g/mol. The number of hydrogen-bond acceptors (Lipinski definition) is 4. The number of carbonyl (C=O) groups excluding carboxylic acids is 1. The van der Waals surface area contributed by atoms with Gasteiger partial charge >= 0.3 is 0 Å². The fraction of sp³-hybridized carbons (Fsp3) is 0.435. The number of methoxy groups -OCH3 is 1. The van der Waals surface area contributed by atoms with Gasteiger partial charge < -0.3 is 14.5 Å². The number of carbonyl (C=O) groups is 1. The predicted octanol–water partition coefficient (Wildman–Crippen LogP) is 4.99. The molecule has 1 amide bonds. The number of nitrogens with one attached hydrogen (secondary N) is 1. The first-order valence-corrected chi connectivity index (χ1v) is 9.84. The van der Waals surface area contributed by atoms with Crippen LogP contribution in [0.1, 0.15) is 45.2 Å². The summed E-state index contributed by atoms with van der Waals surface area (Å²) < 4.78 is 10.5. The van der Waals surface area contributed by atoms with Crippen molar-refractivity contribution in [3.05, 3.63) is 54.0 Å². The van der Waals surface area contributed by atoms with Gasteiger partial charge in [0.25, 0.3) is 0 Å². The minimum atomic E-state index is -0.178. The zero-order chi connectivity index (χ0) is 20.5. The van der Waals surface area contributed by atoms with Crippen molar-refractivity contribution >= 4 is 17.7 Å². The molecule has 0 unspecified atom stereocenters. The van der Waals surface area contributed by atoms with Gasteiger partial charge in [-0.15, -0.1) is 0 Å². The summed E-state index contributed by atoms with van der Waals surface area (Å²) in [5, 5.41) is 2.91. The lowest BCUT2D eigenvalue weighted by Gasteiger charge is -2.30. The maximum absolute atomic E-state index is 12.2. The van der Waals surface area contributed by atoms with Crippen molar-refractivity contribution in [3.8, 4) is 5.75 Å². The number of benzene rings is 1. The molecule has 5 heteroatoms. The van der Waals surface area contributed by atoms with Gasteiger partial charge in [-0.3, -0.25) is 9.69 Å². The smallest absolute Gasteiger partial charge is 0.248 e. The third-order valence-electron chi connectivity index (χ3n) is 4.71. The topological polar surface area (TPSA) is 54.7 Å². The van der Waals surface area contributed by atoms with E-state index in [0.717, 1.165) is 42.0 Å². The quantitative estimate of drug-likeness (QED) is 0.586. The van der Waals surface area contributed by atoms with E-state index in [4.69, 9.17) is 9.15 Å². The maximum Gasteiger partial charge on any atom is 0.248 e. The van der Waals surface area contributed by atoms with Crippen LogP contribution in [0.3, 0.4) is 0 Å². The second kappa shape index (κ2) is 10.7. The van der Waals surface area contributed by atoms with Crippen LogP contribution in [0.2, 0.25) is 0 Å². The lowest BCUT2D eigenvalue weighted by atomic mass is 10.1. The number of ether oxygens (including phenoxy) is 1. The Morgan fingerprint density at radius 1 is 1.21 bits per heavy atom. The SMILES string of the molecule is COc1ccc(NC(=O)/C=C/c2ccoc2)cc1CCCN(C(C)C)C(C)C. The van der Waals surface area contributed by atoms with Crippen molar-refractivity contribution in [1.29, 1.82) is 0 Å². The molecule has 152 valence electrons. The summed E-state index contributed by atoms with van der Waals surface area (Å²) in [6.45, 7) is 9.95. The maximum atomic E-state index is 12.2. The molecule has 0 spiro atoms.